The summed E-state index contributed by atoms with van der Waals surface area (Å²) in [5.74, 6) is 0.583. The summed E-state index contributed by atoms with van der Waals surface area (Å²) < 4.78 is 12.8. The van der Waals surface area contributed by atoms with Crippen LogP contribution in [0.3, 0.4) is 0 Å². The van der Waals surface area contributed by atoms with Crippen LogP contribution in [0.5, 0.6) is 0 Å². The van der Waals surface area contributed by atoms with Gasteiger partial charge in [0.2, 0.25) is 5.89 Å². The van der Waals surface area contributed by atoms with Crippen LogP contribution < -0.4 is 4.90 Å². The Hall–Kier alpha value is -6.65. The van der Waals surface area contributed by atoms with Crippen LogP contribution in [-0.4, -0.2) is 4.98 Å². The molecule has 2 aromatic heterocycles. The molecule has 0 aliphatic carbocycles. The fourth-order valence-electron chi connectivity index (χ4n) is 7.29. The molecule has 0 aliphatic heterocycles. The molecule has 230 valence electrons. The van der Waals surface area contributed by atoms with Crippen LogP contribution in [0.25, 0.3) is 77.2 Å². The van der Waals surface area contributed by atoms with Gasteiger partial charge < -0.3 is 13.7 Å². The van der Waals surface area contributed by atoms with E-state index < -0.39 is 0 Å². The highest BCUT2D eigenvalue weighted by molar-refractivity contribution is 6.13. The lowest BCUT2D eigenvalue weighted by atomic mass is 9.95. The Morgan fingerprint density at radius 3 is 1.94 bits per heavy atom. The summed E-state index contributed by atoms with van der Waals surface area (Å²) in [5, 5.41) is 6.78. The van der Waals surface area contributed by atoms with E-state index in [2.05, 4.69) is 138 Å². The number of benzene rings is 8. The van der Waals surface area contributed by atoms with E-state index >= 15 is 0 Å². The Morgan fingerprint density at radius 2 is 1.04 bits per heavy atom. The van der Waals surface area contributed by atoms with Gasteiger partial charge in [-0.25, -0.2) is 4.98 Å². The standard InChI is InChI=1S/C45H28N2O2/c1-3-16-32-29(12-1)14-9-19-34(32)35-18-5-7-22-40(35)47(39-23-10-15-30-13-2-4-17-33(30)39)31-26-27-36-43(28-31)48-42-25-11-20-37(44(36)42)45-46-38-21-6-8-24-41(38)49-45/h1-28H. The minimum absolute atomic E-state index is 0.583. The van der Waals surface area contributed by atoms with Gasteiger partial charge in [-0.05, 0) is 70.3 Å². The minimum Gasteiger partial charge on any atom is -0.456 e. The van der Waals surface area contributed by atoms with Gasteiger partial charge in [-0.15, -0.1) is 0 Å². The quantitative estimate of drug-likeness (QED) is 0.190. The SMILES string of the molecule is c1ccc(N(c2ccc3c(c2)oc2cccc(-c4nc5ccccc5o4)c23)c2cccc3ccccc23)c(-c2cccc3ccccc23)c1. The van der Waals surface area contributed by atoms with Crippen molar-refractivity contribution in [2.24, 2.45) is 0 Å². The highest BCUT2D eigenvalue weighted by Crippen LogP contribution is 2.46. The molecule has 0 amide bonds. The van der Waals surface area contributed by atoms with Crippen LogP contribution in [0.4, 0.5) is 17.1 Å². The summed E-state index contributed by atoms with van der Waals surface area (Å²) >= 11 is 0. The summed E-state index contributed by atoms with van der Waals surface area (Å²) in [6.07, 6.45) is 0. The number of para-hydroxylation sites is 3. The second-order valence-electron chi connectivity index (χ2n) is 12.3. The lowest BCUT2D eigenvalue weighted by molar-refractivity contribution is 0.620. The van der Waals surface area contributed by atoms with Gasteiger partial charge >= 0.3 is 0 Å². The van der Waals surface area contributed by atoms with E-state index in [1.165, 1.54) is 27.1 Å². The third-order valence-corrected chi connectivity index (χ3v) is 9.50. The zero-order chi connectivity index (χ0) is 32.3. The molecule has 8 aromatic carbocycles. The molecular weight excluding hydrogens is 601 g/mol. The summed E-state index contributed by atoms with van der Waals surface area (Å²) in [6.45, 7) is 0. The molecule has 10 rings (SSSR count). The molecule has 4 heteroatoms. The maximum absolute atomic E-state index is 6.62. The Morgan fingerprint density at radius 1 is 0.408 bits per heavy atom. The van der Waals surface area contributed by atoms with E-state index in [1.54, 1.807) is 0 Å². The number of rotatable bonds is 5. The van der Waals surface area contributed by atoms with E-state index in [9.17, 15) is 0 Å². The van der Waals surface area contributed by atoms with E-state index in [0.717, 1.165) is 61.2 Å². The van der Waals surface area contributed by atoms with Crippen molar-refractivity contribution >= 4 is 71.6 Å². The van der Waals surface area contributed by atoms with Gasteiger partial charge in [0.25, 0.3) is 0 Å². The van der Waals surface area contributed by atoms with Crippen molar-refractivity contribution in [1.82, 2.24) is 4.98 Å². The smallest absolute Gasteiger partial charge is 0.228 e. The largest absolute Gasteiger partial charge is 0.456 e. The van der Waals surface area contributed by atoms with Gasteiger partial charge in [-0.2, -0.15) is 0 Å². The van der Waals surface area contributed by atoms with Crippen molar-refractivity contribution in [3.63, 3.8) is 0 Å². The number of hydrogen-bond acceptors (Lipinski definition) is 4. The summed E-state index contributed by atoms with van der Waals surface area (Å²) in [5.41, 5.74) is 9.60. The molecule has 4 nitrogen and oxygen atoms in total. The van der Waals surface area contributed by atoms with Gasteiger partial charge in [0, 0.05) is 39.0 Å². The van der Waals surface area contributed by atoms with Crippen LogP contribution in [-0.2, 0) is 0 Å². The van der Waals surface area contributed by atoms with Gasteiger partial charge in [0.15, 0.2) is 5.58 Å². The predicted molar refractivity (Wildman–Crippen MR) is 202 cm³/mol. The highest BCUT2D eigenvalue weighted by atomic mass is 16.3. The molecule has 0 unspecified atom stereocenters. The van der Waals surface area contributed by atoms with Crippen LogP contribution in [0.15, 0.2) is 179 Å². The molecule has 0 fully saturated rings. The fourth-order valence-corrected chi connectivity index (χ4v) is 7.29. The topological polar surface area (TPSA) is 42.4 Å². The van der Waals surface area contributed by atoms with Crippen molar-refractivity contribution < 1.29 is 8.83 Å². The first-order valence-corrected chi connectivity index (χ1v) is 16.5. The lowest BCUT2D eigenvalue weighted by Crippen LogP contribution is -2.11. The lowest BCUT2D eigenvalue weighted by Gasteiger charge is -2.29. The number of fused-ring (bicyclic) bond motifs is 6. The number of furan rings is 1. The number of anilines is 3. The Kier molecular flexibility index (Phi) is 6.15. The number of aromatic nitrogens is 1. The van der Waals surface area contributed by atoms with Gasteiger partial charge in [0.1, 0.15) is 16.7 Å². The maximum Gasteiger partial charge on any atom is 0.228 e. The number of hydrogen-bond donors (Lipinski definition) is 0. The average Bonchev–Trinajstić information content (AvgIpc) is 3.77. The first kappa shape index (κ1) is 27.5. The van der Waals surface area contributed by atoms with Gasteiger partial charge in [-0.3, -0.25) is 0 Å². The van der Waals surface area contributed by atoms with Crippen molar-refractivity contribution in [3.05, 3.63) is 170 Å². The van der Waals surface area contributed by atoms with Crippen molar-refractivity contribution in [2.45, 2.75) is 0 Å². The Labute approximate surface area is 282 Å². The third-order valence-electron chi connectivity index (χ3n) is 9.50. The molecule has 49 heavy (non-hydrogen) atoms. The molecular formula is C45H28N2O2. The number of oxazole rings is 1. The molecule has 0 bridgehead atoms. The predicted octanol–water partition coefficient (Wildman–Crippen LogP) is 12.8. The van der Waals surface area contributed by atoms with E-state index in [1.807, 2.05) is 36.4 Å². The van der Waals surface area contributed by atoms with Crippen molar-refractivity contribution in [1.29, 1.82) is 0 Å². The van der Waals surface area contributed by atoms with Crippen molar-refractivity contribution in [3.8, 4) is 22.6 Å². The molecule has 0 saturated heterocycles. The average molecular weight is 629 g/mol. The van der Waals surface area contributed by atoms with E-state index in [4.69, 9.17) is 13.8 Å². The number of nitrogens with zero attached hydrogens (tertiary/aromatic N) is 2. The normalized spacial score (nSPS) is 11.7. The van der Waals surface area contributed by atoms with Crippen LogP contribution in [0, 0.1) is 0 Å². The summed E-state index contributed by atoms with van der Waals surface area (Å²) in [7, 11) is 0. The Bertz CT molecular complexity index is 2820. The van der Waals surface area contributed by atoms with Crippen LogP contribution in [0.1, 0.15) is 0 Å². The minimum atomic E-state index is 0.583. The van der Waals surface area contributed by atoms with Gasteiger partial charge in [0.05, 0.1) is 11.4 Å². The Balaban J connectivity index is 1.22. The van der Waals surface area contributed by atoms with Crippen LogP contribution in [0.2, 0.25) is 0 Å². The molecule has 0 saturated carbocycles. The molecule has 2 heterocycles. The zero-order valence-electron chi connectivity index (χ0n) is 26.4. The monoisotopic (exact) mass is 628 g/mol. The first-order valence-electron chi connectivity index (χ1n) is 16.5. The van der Waals surface area contributed by atoms with Crippen LogP contribution >= 0.6 is 0 Å². The molecule has 0 spiro atoms. The summed E-state index contributed by atoms with van der Waals surface area (Å²) in [4.78, 5) is 7.19. The fraction of sp³-hybridized carbons (Fsp3) is 0. The summed E-state index contributed by atoms with van der Waals surface area (Å²) in [6, 6.07) is 59.3. The van der Waals surface area contributed by atoms with E-state index in [-0.39, 0.29) is 0 Å². The molecule has 0 radical (unpaired) electrons. The van der Waals surface area contributed by atoms with Gasteiger partial charge in [-0.1, -0.05) is 115 Å². The molecule has 0 aliphatic rings. The molecule has 0 N–H and O–H groups in total. The first-order chi connectivity index (χ1) is 24.3. The van der Waals surface area contributed by atoms with E-state index in [0.29, 0.717) is 5.89 Å². The molecule has 10 aromatic rings. The second-order valence-corrected chi connectivity index (χ2v) is 12.3. The highest BCUT2D eigenvalue weighted by Gasteiger charge is 2.22. The second kappa shape index (κ2) is 11.0. The third kappa shape index (κ3) is 4.42. The zero-order valence-corrected chi connectivity index (χ0v) is 26.4. The van der Waals surface area contributed by atoms with Crippen molar-refractivity contribution in [2.75, 3.05) is 4.90 Å². The molecule has 0 atom stereocenters. The maximum atomic E-state index is 6.62.